The van der Waals surface area contributed by atoms with E-state index in [1.807, 2.05) is 6.92 Å². The first-order valence-corrected chi connectivity index (χ1v) is 24.0. The standard InChI is InChI=1S/C48H74O18/c1-20(2)23-9-14-48(16-15-46(7)25(30(23)48)17-26-40-45(6,12-11-29(50)62-26)24(21(3)4)10-13-47(40,46)8)44(59)66-43-37(57)34(54)32(52)28(64-43)19-60-41-38(58)35(55)39(27(18-49)63-41)65-42-36(56)33(53)31(51)22(5)61-42/h22-28,30-43,49,51-58H,1,3,9-19H2,2,4-8H3/t22-,23-,24-,25+,26+,27+,28+,30+,31-,32+,33+,34-,35+,36+,37+,38+,39+,40+,41+,42-,43-,45-,46+,47+,48-/m0/s1. The van der Waals surface area contributed by atoms with Gasteiger partial charge in [0, 0.05) is 12.3 Å². The summed E-state index contributed by atoms with van der Waals surface area (Å²) in [5.41, 5.74) is 0.334. The first-order valence-electron chi connectivity index (χ1n) is 24.0. The van der Waals surface area contributed by atoms with Crippen LogP contribution in [0.5, 0.6) is 0 Å². The molecular formula is C48H74O18. The van der Waals surface area contributed by atoms with Crippen molar-refractivity contribution in [1.82, 2.24) is 0 Å². The molecule has 8 aliphatic rings. The number of esters is 2. The summed E-state index contributed by atoms with van der Waals surface area (Å²) in [6.45, 7) is 20.0. The summed E-state index contributed by atoms with van der Waals surface area (Å²) < 4.78 is 41.2. The van der Waals surface area contributed by atoms with E-state index in [9.17, 15) is 50.8 Å². The Labute approximate surface area is 386 Å². The van der Waals surface area contributed by atoms with Gasteiger partial charge in [-0.1, -0.05) is 45.1 Å². The molecule has 0 aromatic rings. The van der Waals surface area contributed by atoms with Gasteiger partial charge in [0.05, 0.1) is 24.7 Å². The van der Waals surface area contributed by atoms with Crippen molar-refractivity contribution in [2.24, 2.45) is 51.2 Å². The largest absolute Gasteiger partial charge is 0.462 e. The minimum absolute atomic E-state index is 0.0546. The molecule has 4 saturated carbocycles. The number of ether oxygens (including phenoxy) is 7. The number of aliphatic hydroxyl groups excluding tert-OH is 9. The Morgan fingerprint density at radius 1 is 0.727 bits per heavy atom. The number of carbonyl (C=O) groups excluding carboxylic acids is 2. The summed E-state index contributed by atoms with van der Waals surface area (Å²) in [5, 5.41) is 96.5. The third-order valence-electron chi connectivity index (χ3n) is 18.6. The van der Waals surface area contributed by atoms with Crippen LogP contribution in [0.2, 0.25) is 0 Å². The molecule has 25 atom stereocenters. The van der Waals surface area contributed by atoms with Crippen molar-refractivity contribution in [2.45, 2.75) is 198 Å². The second-order valence-corrected chi connectivity index (χ2v) is 22.0. The molecule has 0 aromatic carbocycles. The third kappa shape index (κ3) is 7.85. The Morgan fingerprint density at radius 3 is 2.05 bits per heavy atom. The van der Waals surface area contributed by atoms with Crippen LogP contribution in [-0.4, -0.2) is 169 Å². The van der Waals surface area contributed by atoms with E-state index in [2.05, 4.69) is 40.9 Å². The maximum absolute atomic E-state index is 15.0. The van der Waals surface area contributed by atoms with Crippen LogP contribution in [0.3, 0.4) is 0 Å². The normalized spacial score (nSPS) is 53.6. The molecule has 66 heavy (non-hydrogen) atoms. The highest BCUT2D eigenvalue weighted by atomic mass is 16.8. The van der Waals surface area contributed by atoms with Crippen LogP contribution in [0.4, 0.5) is 0 Å². The van der Waals surface area contributed by atoms with Gasteiger partial charge >= 0.3 is 11.9 Å². The lowest BCUT2D eigenvalue weighted by Crippen LogP contribution is -2.68. The highest BCUT2D eigenvalue weighted by molar-refractivity contribution is 5.78. The predicted octanol–water partition coefficient (Wildman–Crippen LogP) is 0.735. The van der Waals surface area contributed by atoms with Gasteiger partial charge in [0.15, 0.2) is 12.6 Å². The molecule has 4 aliphatic heterocycles. The van der Waals surface area contributed by atoms with Crippen molar-refractivity contribution in [1.29, 1.82) is 0 Å². The summed E-state index contributed by atoms with van der Waals surface area (Å²) in [5.74, 6) is -0.852. The van der Waals surface area contributed by atoms with Crippen LogP contribution < -0.4 is 0 Å². The van der Waals surface area contributed by atoms with Crippen LogP contribution >= 0.6 is 0 Å². The highest BCUT2D eigenvalue weighted by Crippen LogP contribution is 2.77. The monoisotopic (exact) mass is 938 g/mol. The van der Waals surface area contributed by atoms with Crippen molar-refractivity contribution in [3.63, 3.8) is 0 Å². The molecule has 9 N–H and O–H groups in total. The maximum atomic E-state index is 15.0. The van der Waals surface area contributed by atoms with E-state index in [4.69, 9.17) is 33.2 Å². The molecule has 0 amide bonds. The van der Waals surface area contributed by atoms with Crippen molar-refractivity contribution < 1.29 is 88.7 Å². The Bertz CT molecular complexity index is 1850. The van der Waals surface area contributed by atoms with E-state index in [-0.39, 0.29) is 57.9 Å². The molecule has 4 aliphatic carbocycles. The lowest BCUT2D eigenvalue weighted by molar-refractivity contribution is -0.361. The van der Waals surface area contributed by atoms with Crippen molar-refractivity contribution in [2.75, 3.05) is 13.2 Å². The van der Waals surface area contributed by atoms with Crippen LogP contribution in [0, 0.1) is 51.2 Å². The van der Waals surface area contributed by atoms with Crippen molar-refractivity contribution in [3.8, 4) is 0 Å². The van der Waals surface area contributed by atoms with Crippen LogP contribution in [0.25, 0.3) is 0 Å². The van der Waals surface area contributed by atoms with Gasteiger partial charge in [-0.2, -0.15) is 0 Å². The van der Waals surface area contributed by atoms with Gasteiger partial charge in [-0.25, -0.2) is 0 Å². The molecule has 0 bridgehead atoms. The Kier molecular flexibility index (Phi) is 13.9. The zero-order chi connectivity index (χ0) is 48.2. The highest BCUT2D eigenvalue weighted by Gasteiger charge is 2.74. The van der Waals surface area contributed by atoms with Crippen LogP contribution in [-0.2, 0) is 42.7 Å². The SMILES string of the molecule is C=C(C)[C@@H]1CC[C@]2(C(=O)O[C@@H]3O[C@H](CO[C@@H]4O[C@H](CO)[C@@H](O[C@@H]5O[C@@H](C)[C@H](O)[C@@H](O)[C@H]5O)[C@H](O)[C@H]4O)[C@@H](O)[C@H](O)[C@H]3O)CC[C@]3(C)[C@H](C[C@H]4OC(=O)CC[C@]5(C)[C@@H]4[C@@]3(C)CC[C@H]5C(=C)C)[C@@H]12. The fourth-order valence-electron chi connectivity index (χ4n) is 15.0. The molecule has 0 spiro atoms. The average molecular weight is 939 g/mol. The topological polar surface area (TPSA) is 281 Å². The molecule has 18 heteroatoms. The molecule has 18 nitrogen and oxygen atoms in total. The van der Waals surface area contributed by atoms with E-state index in [0.29, 0.717) is 38.5 Å². The smallest absolute Gasteiger partial charge is 0.314 e. The van der Waals surface area contributed by atoms with Gasteiger partial charge in [-0.05, 0) is 112 Å². The second kappa shape index (κ2) is 18.2. The Morgan fingerprint density at radius 2 is 1.38 bits per heavy atom. The van der Waals surface area contributed by atoms with Gasteiger partial charge in [0.2, 0.25) is 6.29 Å². The summed E-state index contributed by atoms with van der Waals surface area (Å²) in [4.78, 5) is 28.4. The second-order valence-electron chi connectivity index (χ2n) is 22.0. The van der Waals surface area contributed by atoms with Gasteiger partial charge in [-0.3, -0.25) is 9.59 Å². The number of carbonyl (C=O) groups is 2. The van der Waals surface area contributed by atoms with Crippen LogP contribution in [0.1, 0.15) is 99.3 Å². The van der Waals surface area contributed by atoms with Crippen molar-refractivity contribution in [3.05, 3.63) is 24.3 Å². The first-order chi connectivity index (χ1) is 30.9. The molecule has 4 saturated heterocycles. The summed E-state index contributed by atoms with van der Waals surface area (Å²) in [6, 6.07) is 0. The summed E-state index contributed by atoms with van der Waals surface area (Å²) in [7, 11) is 0. The van der Waals surface area contributed by atoms with E-state index >= 15 is 4.79 Å². The quantitative estimate of drug-likeness (QED) is 0.108. The van der Waals surface area contributed by atoms with E-state index in [1.165, 1.54) is 6.92 Å². The number of aliphatic hydroxyl groups is 9. The Hall–Kier alpha value is -2.14. The predicted molar refractivity (Wildman–Crippen MR) is 229 cm³/mol. The fraction of sp³-hybridized carbons (Fsp3) is 0.875. The zero-order valence-corrected chi connectivity index (χ0v) is 39.0. The van der Waals surface area contributed by atoms with E-state index < -0.39 is 117 Å². The van der Waals surface area contributed by atoms with Crippen molar-refractivity contribution >= 4 is 11.9 Å². The van der Waals surface area contributed by atoms with Crippen LogP contribution in [0.15, 0.2) is 24.3 Å². The molecular weight excluding hydrogens is 865 g/mol. The molecule has 0 radical (unpaired) electrons. The molecule has 0 unspecified atom stereocenters. The minimum Gasteiger partial charge on any atom is -0.462 e. The molecule has 374 valence electrons. The summed E-state index contributed by atoms with van der Waals surface area (Å²) in [6.07, 6.45) is -18.9. The molecule has 4 heterocycles. The van der Waals surface area contributed by atoms with E-state index in [0.717, 1.165) is 30.4 Å². The number of fused-ring (bicyclic) bond motifs is 4. The molecule has 8 rings (SSSR count). The summed E-state index contributed by atoms with van der Waals surface area (Å²) >= 11 is 0. The maximum Gasteiger partial charge on any atom is 0.314 e. The number of allylic oxidation sites excluding steroid dienone is 2. The molecule has 0 aromatic heterocycles. The van der Waals surface area contributed by atoms with Gasteiger partial charge in [-0.15, -0.1) is 0 Å². The Balaban J connectivity index is 0.991. The lowest BCUT2D eigenvalue weighted by Gasteiger charge is -2.71. The number of hydrogen-bond donors (Lipinski definition) is 9. The van der Waals surface area contributed by atoms with Gasteiger partial charge < -0.3 is 79.1 Å². The lowest BCUT2D eigenvalue weighted by atomic mass is 9.33. The van der Waals surface area contributed by atoms with Gasteiger partial charge in [0.25, 0.3) is 0 Å². The molecule has 8 fully saturated rings. The van der Waals surface area contributed by atoms with E-state index in [1.54, 1.807) is 0 Å². The van der Waals surface area contributed by atoms with Gasteiger partial charge in [0.1, 0.15) is 73.2 Å². The fourth-order valence-corrected chi connectivity index (χ4v) is 15.0. The first kappa shape index (κ1) is 50.3. The zero-order valence-electron chi connectivity index (χ0n) is 39.0. The third-order valence-corrected chi connectivity index (χ3v) is 18.6. The number of rotatable bonds is 10. The average Bonchev–Trinajstić information content (AvgIpc) is 3.62. The minimum atomic E-state index is -1.87. The number of hydrogen-bond acceptors (Lipinski definition) is 18.